The molecule has 3 amide bonds. The summed E-state index contributed by atoms with van der Waals surface area (Å²) in [5, 5.41) is 9.60. The molecular formula is C25H33N5O6S. The molecule has 12 heteroatoms. The molecule has 1 atom stereocenters. The third-order valence-corrected chi connectivity index (χ3v) is 8.14. The normalized spacial score (nSPS) is 18.3. The van der Waals surface area contributed by atoms with Gasteiger partial charge in [0, 0.05) is 18.2 Å². The van der Waals surface area contributed by atoms with E-state index in [0.29, 0.717) is 12.2 Å². The molecule has 0 saturated carbocycles. The van der Waals surface area contributed by atoms with Gasteiger partial charge in [-0.25, -0.2) is 27.4 Å². The summed E-state index contributed by atoms with van der Waals surface area (Å²) in [7, 11) is -4.23. The Balaban J connectivity index is 1.23. The zero-order valence-corrected chi connectivity index (χ0v) is 22.2. The highest BCUT2D eigenvalue weighted by molar-refractivity contribution is 7.90. The average molecular weight is 532 g/mol. The molecule has 0 saturated heterocycles. The maximum absolute atomic E-state index is 13.0. The number of nitrogens with zero attached hydrogens (tertiary/aromatic N) is 2. The van der Waals surface area contributed by atoms with Crippen LogP contribution in [0.5, 0.6) is 5.88 Å². The van der Waals surface area contributed by atoms with E-state index in [1.807, 2.05) is 6.07 Å². The first-order chi connectivity index (χ1) is 17.5. The van der Waals surface area contributed by atoms with E-state index >= 15 is 0 Å². The van der Waals surface area contributed by atoms with Crippen molar-refractivity contribution in [2.75, 3.05) is 18.5 Å². The molecule has 5 rings (SSSR count). The SMILES string of the molecule is CC(C)(C)OC(=O)NCC1COc2c(S(=O)(=O)NC(=O)Nc3cc4c(c5c3CCC5)CCC4)cnn2C1. The number of carbonyl (C=O) groups excluding carboxylic acids is 2. The van der Waals surface area contributed by atoms with Gasteiger partial charge >= 0.3 is 12.1 Å². The Kier molecular flexibility index (Phi) is 6.55. The number of fused-ring (bicyclic) bond motifs is 4. The van der Waals surface area contributed by atoms with Crippen molar-refractivity contribution in [3.8, 4) is 5.88 Å². The van der Waals surface area contributed by atoms with Crippen LogP contribution in [0, 0.1) is 5.92 Å². The van der Waals surface area contributed by atoms with Crippen molar-refractivity contribution in [2.24, 2.45) is 5.92 Å². The van der Waals surface area contributed by atoms with E-state index < -0.39 is 27.7 Å². The number of aryl methyl sites for hydroxylation is 1. The van der Waals surface area contributed by atoms with Crippen LogP contribution in [-0.2, 0) is 47.0 Å². The Morgan fingerprint density at radius 3 is 2.65 bits per heavy atom. The van der Waals surface area contributed by atoms with Crippen LogP contribution in [0.2, 0.25) is 0 Å². The van der Waals surface area contributed by atoms with Gasteiger partial charge in [0.2, 0.25) is 5.88 Å². The van der Waals surface area contributed by atoms with E-state index in [-0.39, 0.29) is 29.8 Å². The number of anilines is 1. The number of benzene rings is 1. The number of urea groups is 1. The number of carbonyl (C=O) groups is 2. The van der Waals surface area contributed by atoms with Crippen molar-refractivity contribution in [3.63, 3.8) is 0 Å². The fourth-order valence-electron chi connectivity index (χ4n) is 5.32. The van der Waals surface area contributed by atoms with Crippen LogP contribution in [0.1, 0.15) is 55.9 Å². The number of nitrogens with one attached hydrogen (secondary N) is 3. The van der Waals surface area contributed by atoms with Crippen LogP contribution in [0.15, 0.2) is 17.2 Å². The summed E-state index contributed by atoms with van der Waals surface area (Å²) in [5.74, 6) is -0.0686. The van der Waals surface area contributed by atoms with Crippen molar-refractivity contribution in [1.29, 1.82) is 0 Å². The second kappa shape index (κ2) is 9.55. The van der Waals surface area contributed by atoms with Gasteiger partial charge in [0.15, 0.2) is 4.90 Å². The van der Waals surface area contributed by atoms with Crippen LogP contribution in [0.25, 0.3) is 0 Å². The molecule has 200 valence electrons. The molecule has 1 aromatic carbocycles. The van der Waals surface area contributed by atoms with Crippen molar-refractivity contribution in [2.45, 2.75) is 76.3 Å². The van der Waals surface area contributed by atoms with Gasteiger partial charge in [-0.05, 0) is 87.6 Å². The number of aromatic nitrogens is 2. The summed E-state index contributed by atoms with van der Waals surface area (Å²) < 4.78 is 40.5. The van der Waals surface area contributed by atoms with Crippen molar-refractivity contribution < 1.29 is 27.5 Å². The Bertz CT molecular complexity index is 1340. The van der Waals surface area contributed by atoms with Gasteiger partial charge in [-0.3, -0.25) is 0 Å². The summed E-state index contributed by atoms with van der Waals surface area (Å²) in [5.41, 5.74) is 5.18. The third kappa shape index (κ3) is 5.39. The Labute approximate surface area is 216 Å². The molecule has 0 radical (unpaired) electrons. The van der Waals surface area contributed by atoms with E-state index in [1.54, 1.807) is 20.8 Å². The Morgan fingerprint density at radius 1 is 1.14 bits per heavy atom. The first kappa shape index (κ1) is 25.4. The first-order valence-electron chi connectivity index (χ1n) is 12.7. The lowest BCUT2D eigenvalue weighted by molar-refractivity contribution is 0.0502. The molecule has 3 aliphatic rings. The first-order valence-corrected chi connectivity index (χ1v) is 14.1. The second-order valence-electron chi connectivity index (χ2n) is 10.8. The molecule has 11 nitrogen and oxygen atoms in total. The van der Waals surface area contributed by atoms with Gasteiger partial charge in [-0.15, -0.1) is 0 Å². The molecule has 0 fully saturated rings. The molecule has 0 spiro atoms. The lowest BCUT2D eigenvalue weighted by atomic mass is 9.98. The van der Waals surface area contributed by atoms with Crippen molar-refractivity contribution in [1.82, 2.24) is 19.8 Å². The van der Waals surface area contributed by atoms with Gasteiger partial charge in [-0.2, -0.15) is 5.10 Å². The average Bonchev–Trinajstić information content (AvgIpc) is 3.54. The maximum atomic E-state index is 13.0. The van der Waals surface area contributed by atoms with Gasteiger partial charge < -0.3 is 20.1 Å². The van der Waals surface area contributed by atoms with E-state index in [2.05, 4.69) is 20.5 Å². The van der Waals surface area contributed by atoms with Gasteiger partial charge in [0.25, 0.3) is 10.0 Å². The van der Waals surface area contributed by atoms with Gasteiger partial charge in [0.1, 0.15) is 5.60 Å². The van der Waals surface area contributed by atoms with Crippen LogP contribution in [0.3, 0.4) is 0 Å². The van der Waals surface area contributed by atoms with Crippen molar-refractivity contribution in [3.05, 3.63) is 34.5 Å². The lowest BCUT2D eigenvalue weighted by Crippen LogP contribution is -2.39. The number of amides is 3. The fourth-order valence-corrected chi connectivity index (χ4v) is 6.30. The molecule has 37 heavy (non-hydrogen) atoms. The summed E-state index contributed by atoms with van der Waals surface area (Å²) in [6, 6.07) is 1.18. The summed E-state index contributed by atoms with van der Waals surface area (Å²) in [6.07, 6.45) is 6.70. The highest BCUT2D eigenvalue weighted by Crippen LogP contribution is 2.38. The quantitative estimate of drug-likeness (QED) is 0.539. The van der Waals surface area contributed by atoms with E-state index in [4.69, 9.17) is 9.47 Å². The highest BCUT2D eigenvalue weighted by Gasteiger charge is 2.32. The molecule has 3 N–H and O–H groups in total. The lowest BCUT2D eigenvalue weighted by Gasteiger charge is -2.26. The molecule has 1 aromatic heterocycles. The largest absolute Gasteiger partial charge is 0.476 e. The van der Waals surface area contributed by atoms with Gasteiger partial charge in [-0.1, -0.05) is 0 Å². The van der Waals surface area contributed by atoms with Crippen LogP contribution in [-0.4, -0.2) is 49.1 Å². The minimum Gasteiger partial charge on any atom is -0.476 e. The molecule has 1 aliphatic heterocycles. The maximum Gasteiger partial charge on any atom is 0.407 e. The van der Waals surface area contributed by atoms with E-state index in [9.17, 15) is 18.0 Å². The second-order valence-corrected chi connectivity index (χ2v) is 12.5. The van der Waals surface area contributed by atoms with Crippen LogP contribution in [0.4, 0.5) is 15.3 Å². The fraction of sp³-hybridized carbons (Fsp3) is 0.560. The highest BCUT2D eigenvalue weighted by atomic mass is 32.2. The Hall–Kier alpha value is -3.28. The molecular weight excluding hydrogens is 498 g/mol. The van der Waals surface area contributed by atoms with Gasteiger partial charge in [0.05, 0.1) is 19.3 Å². The predicted octanol–water partition coefficient (Wildman–Crippen LogP) is 2.90. The number of rotatable bonds is 5. The Morgan fingerprint density at radius 2 is 1.86 bits per heavy atom. The monoisotopic (exact) mass is 531 g/mol. The molecule has 1 unspecified atom stereocenters. The number of hydrogen-bond donors (Lipinski definition) is 3. The van der Waals surface area contributed by atoms with E-state index in [0.717, 1.165) is 44.1 Å². The smallest absolute Gasteiger partial charge is 0.407 e. The standard InChI is InChI=1S/C25H33N5O6S/c1-25(2,3)36-24(32)26-11-15-13-30-22(35-14-15)21(12-27-30)37(33,34)29-23(31)28-20-10-16-6-4-7-17(16)18-8-5-9-19(18)20/h10,12,15H,4-9,11,13-14H2,1-3H3,(H,26,32)(H2,28,29,31). The molecule has 2 aliphatic carbocycles. The molecule has 0 bridgehead atoms. The zero-order chi connectivity index (χ0) is 26.4. The summed E-state index contributed by atoms with van der Waals surface area (Å²) in [6.45, 7) is 6.14. The predicted molar refractivity (Wildman–Crippen MR) is 135 cm³/mol. The summed E-state index contributed by atoms with van der Waals surface area (Å²) >= 11 is 0. The third-order valence-electron chi connectivity index (χ3n) is 6.83. The number of hydrogen-bond acceptors (Lipinski definition) is 7. The van der Waals surface area contributed by atoms with Crippen molar-refractivity contribution >= 4 is 27.8 Å². The van der Waals surface area contributed by atoms with E-state index in [1.165, 1.54) is 27.6 Å². The van der Waals surface area contributed by atoms with Crippen LogP contribution >= 0.6 is 0 Å². The summed E-state index contributed by atoms with van der Waals surface area (Å²) in [4.78, 5) is 24.5. The molecule has 2 aromatic rings. The van der Waals surface area contributed by atoms with Crippen LogP contribution < -0.4 is 20.1 Å². The molecule has 2 heterocycles. The zero-order valence-electron chi connectivity index (χ0n) is 21.3. The topological polar surface area (TPSA) is 141 Å². The minimum absolute atomic E-state index is 0.0623. The minimum atomic E-state index is -4.23. The number of ether oxygens (including phenoxy) is 2. The number of alkyl carbamates (subject to hydrolysis) is 1. The number of sulfonamides is 1.